The van der Waals surface area contributed by atoms with Crippen molar-refractivity contribution < 1.29 is 14.7 Å². The second-order valence-corrected chi connectivity index (χ2v) is 8.60. The smallest absolute Gasteiger partial charge is 0.271 e. The van der Waals surface area contributed by atoms with E-state index in [1.165, 1.54) is 18.2 Å². The van der Waals surface area contributed by atoms with Crippen LogP contribution in [-0.2, 0) is 11.3 Å². The van der Waals surface area contributed by atoms with E-state index >= 15 is 0 Å². The van der Waals surface area contributed by atoms with Gasteiger partial charge < -0.3 is 16.2 Å². The number of nitrogens with one attached hydrogen (secondary N) is 2. The van der Waals surface area contributed by atoms with Crippen LogP contribution in [0.15, 0.2) is 59.7 Å². The van der Waals surface area contributed by atoms with Crippen LogP contribution in [0, 0.1) is 5.92 Å². The normalized spacial score (nSPS) is 12.4. The fourth-order valence-corrected chi connectivity index (χ4v) is 3.71. The maximum atomic E-state index is 12.3. The van der Waals surface area contributed by atoms with Gasteiger partial charge >= 0.3 is 0 Å². The molecule has 0 saturated heterocycles. The molecule has 0 radical (unpaired) electrons. The first-order chi connectivity index (χ1) is 15.8. The van der Waals surface area contributed by atoms with E-state index in [-0.39, 0.29) is 22.2 Å². The van der Waals surface area contributed by atoms with Gasteiger partial charge in [0.1, 0.15) is 5.75 Å². The zero-order valence-electron chi connectivity index (χ0n) is 18.5. The molecule has 33 heavy (non-hydrogen) atoms. The molecule has 1 atom stereocenters. The second-order valence-electron chi connectivity index (χ2n) is 8.19. The minimum absolute atomic E-state index is 0.0915. The molecule has 8 heteroatoms. The predicted molar refractivity (Wildman–Crippen MR) is 131 cm³/mol. The fourth-order valence-electron chi connectivity index (χ4n) is 3.53. The van der Waals surface area contributed by atoms with Gasteiger partial charge in [-0.25, -0.2) is 5.43 Å². The van der Waals surface area contributed by atoms with Crippen molar-refractivity contribution >= 4 is 40.4 Å². The summed E-state index contributed by atoms with van der Waals surface area (Å²) in [6, 6.07) is 15.5. The summed E-state index contributed by atoms with van der Waals surface area (Å²) in [5.74, 6) is -0.550. The number of nitrogens with two attached hydrogens (primary N) is 1. The molecule has 0 aliphatic heterocycles. The van der Waals surface area contributed by atoms with E-state index in [9.17, 15) is 14.7 Å². The van der Waals surface area contributed by atoms with Crippen molar-refractivity contribution in [2.75, 3.05) is 0 Å². The first-order valence-corrected chi connectivity index (χ1v) is 11.0. The number of carbonyl (C=O) groups excluding carboxylic acids is 2. The monoisotopic (exact) mass is 466 g/mol. The van der Waals surface area contributed by atoms with E-state index in [0.717, 1.165) is 21.9 Å². The Balaban J connectivity index is 1.76. The summed E-state index contributed by atoms with van der Waals surface area (Å²) in [4.78, 5) is 24.1. The molecule has 0 heterocycles. The summed E-state index contributed by atoms with van der Waals surface area (Å²) in [6.45, 7) is 4.60. The van der Waals surface area contributed by atoms with E-state index in [1.54, 1.807) is 6.21 Å². The average molecular weight is 467 g/mol. The van der Waals surface area contributed by atoms with Crippen molar-refractivity contribution in [3.8, 4) is 5.75 Å². The molecule has 3 aromatic rings. The highest BCUT2D eigenvalue weighted by molar-refractivity contribution is 6.32. The molecule has 1 unspecified atom stereocenters. The Kier molecular flexibility index (Phi) is 8.03. The molecule has 2 amide bonds. The lowest BCUT2D eigenvalue weighted by Crippen LogP contribution is -2.41. The number of benzene rings is 3. The minimum atomic E-state index is -0.444. The summed E-state index contributed by atoms with van der Waals surface area (Å²) < 4.78 is 0. The molecule has 3 rings (SSSR count). The molecule has 5 N–H and O–H groups in total. The van der Waals surface area contributed by atoms with Crippen molar-refractivity contribution in [1.82, 2.24) is 10.7 Å². The summed E-state index contributed by atoms with van der Waals surface area (Å²) >= 11 is 5.86. The molecular weight excluding hydrogens is 440 g/mol. The number of halogens is 1. The number of fused-ring (bicyclic) bond motifs is 1. The molecule has 0 spiro atoms. The number of phenolic OH excluding ortho intramolecular Hbond substituents is 1. The van der Waals surface area contributed by atoms with E-state index < -0.39 is 11.9 Å². The zero-order valence-corrected chi connectivity index (χ0v) is 19.3. The number of primary amides is 1. The largest absolute Gasteiger partial charge is 0.506 e. The number of amides is 2. The van der Waals surface area contributed by atoms with Gasteiger partial charge in [-0.2, -0.15) is 5.10 Å². The van der Waals surface area contributed by atoms with Gasteiger partial charge in [-0.15, -0.1) is 0 Å². The van der Waals surface area contributed by atoms with E-state index in [1.807, 2.05) is 36.4 Å². The van der Waals surface area contributed by atoms with Gasteiger partial charge in [0.2, 0.25) is 5.91 Å². The standard InChI is InChI=1S/C25H27ClN4O3/c1-15(2)11-22(24(27)32)28-13-17-7-8-18(20-6-4-3-5-19(17)20)14-29-30-25(33)16-9-10-23(31)21(26)12-16/h3-10,12,14-15,22,28,31H,11,13H2,1-2H3,(H2,27,32)(H,30,33)/b29-14+. The lowest BCUT2D eigenvalue weighted by atomic mass is 9.99. The number of phenols is 1. The van der Waals surface area contributed by atoms with Crippen LogP contribution in [-0.4, -0.2) is 29.2 Å². The summed E-state index contributed by atoms with van der Waals surface area (Å²) in [6.07, 6.45) is 2.24. The third kappa shape index (κ3) is 6.31. The quantitative estimate of drug-likeness (QED) is 0.282. The number of nitrogens with zero attached hydrogens (tertiary/aromatic N) is 1. The van der Waals surface area contributed by atoms with E-state index in [2.05, 4.69) is 29.7 Å². The highest BCUT2D eigenvalue weighted by atomic mass is 35.5. The third-order valence-corrected chi connectivity index (χ3v) is 5.52. The van der Waals surface area contributed by atoms with E-state index in [4.69, 9.17) is 17.3 Å². The highest BCUT2D eigenvalue weighted by Gasteiger charge is 2.17. The van der Waals surface area contributed by atoms with Crippen LogP contribution in [0.2, 0.25) is 5.02 Å². The first kappa shape index (κ1) is 24.2. The zero-order chi connectivity index (χ0) is 24.0. The lowest BCUT2D eigenvalue weighted by Gasteiger charge is -2.18. The van der Waals surface area contributed by atoms with Crippen LogP contribution in [0.3, 0.4) is 0 Å². The highest BCUT2D eigenvalue weighted by Crippen LogP contribution is 2.24. The van der Waals surface area contributed by atoms with Crippen LogP contribution in [0.4, 0.5) is 0 Å². The predicted octanol–water partition coefficient (Wildman–Crippen LogP) is 3.95. The molecule has 0 aromatic heterocycles. The Morgan fingerprint density at radius 1 is 1.12 bits per heavy atom. The molecule has 0 bridgehead atoms. The molecule has 0 aliphatic carbocycles. The van der Waals surface area contributed by atoms with Gasteiger partial charge in [0.05, 0.1) is 17.3 Å². The number of hydrogen-bond donors (Lipinski definition) is 4. The molecule has 0 aliphatic rings. The Morgan fingerprint density at radius 2 is 1.85 bits per heavy atom. The number of hydrogen-bond acceptors (Lipinski definition) is 5. The van der Waals surface area contributed by atoms with Crippen LogP contribution in [0.5, 0.6) is 5.75 Å². The Morgan fingerprint density at radius 3 is 2.52 bits per heavy atom. The molecule has 172 valence electrons. The Labute approximate surface area is 197 Å². The average Bonchev–Trinajstić information content (AvgIpc) is 2.78. The summed E-state index contributed by atoms with van der Waals surface area (Å²) in [5, 5.41) is 18.9. The van der Waals surface area contributed by atoms with Crippen molar-refractivity contribution in [3.63, 3.8) is 0 Å². The summed E-state index contributed by atoms with van der Waals surface area (Å²) in [7, 11) is 0. The van der Waals surface area contributed by atoms with Gasteiger partial charge in [0.25, 0.3) is 5.91 Å². The van der Waals surface area contributed by atoms with Gasteiger partial charge in [-0.05, 0) is 46.9 Å². The molecule has 3 aromatic carbocycles. The van der Waals surface area contributed by atoms with Crippen molar-refractivity contribution in [2.24, 2.45) is 16.8 Å². The van der Waals surface area contributed by atoms with E-state index in [0.29, 0.717) is 18.9 Å². The van der Waals surface area contributed by atoms with Gasteiger partial charge in [0.15, 0.2) is 0 Å². The van der Waals surface area contributed by atoms with Crippen LogP contribution >= 0.6 is 11.6 Å². The molecule has 0 saturated carbocycles. The third-order valence-electron chi connectivity index (χ3n) is 5.22. The number of rotatable bonds is 9. The van der Waals surface area contributed by atoms with Gasteiger partial charge in [0, 0.05) is 17.7 Å². The van der Waals surface area contributed by atoms with Crippen LogP contribution in [0.1, 0.15) is 41.8 Å². The van der Waals surface area contributed by atoms with Gasteiger partial charge in [-0.3, -0.25) is 9.59 Å². The first-order valence-electron chi connectivity index (χ1n) is 10.6. The summed E-state index contributed by atoms with van der Waals surface area (Å²) in [5.41, 5.74) is 10.2. The number of hydrazone groups is 1. The topological polar surface area (TPSA) is 117 Å². The molecular formula is C25H27ClN4O3. The van der Waals surface area contributed by atoms with Crippen molar-refractivity contribution in [2.45, 2.75) is 32.9 Å². The maximum Gasteiger partial charge on any atom is 0.271 e. The number of carbonyl (C=O) groups is 2. The Bertz CT molecular complexity index is 1190. The van der Waals surface area contributed by atoms with Crippen molar-refractivity contribution in [3.05, 3.63) is 76.3 Å². The second kappa shape index (κ2) is 10.9. The maximum absolute atomic E-state index is 12.3. The Hall–Kier alpha value is -3.42. The van der Waals surface area contributed by atoms with Gasteiger partial charge in [-0.1, -0.05) is 61.8 Å². The molecule has 0 fully saturated rings. The fraction of sp³-hybridized carbons (Fsp3) is 0.240. The SMILES string of the molecule is CC(C)CC(NCc1ccc(/C=N/NC(=O)c2ccc(O)c(Cl)c2)c2ccccc12)C(N)=O. The van der Waals surface area contributed by atoms with Crippen LogP contribution in [0.25, 0.3) is 10.8 Å². The number of aromatic hydroxyl groups is 1. The molecule has 7 nitrogen and oxygen atoms in total. The lowest BCUT2D eigenvalue weighted by molar-refractivity contribution is -0.120. The van der Waals surface area contributed by atoms with Crippen LogP contribution < -0.4 is 16.5 Å². The minimum Gasteiger partial charge on any atom is -0.506 e. The van der Waals surface area contributed by atoms with Crippen molar-refractivity contribution in [1.29, 1.82) is 0 Å².